The van der Waals surface area contributed by atoms with Crippen molar-refractivity contribution in [1.29, 1.82) is 5.26 Å². The maximum Gasteiger partial charge on any atom is 0.287 e. The Morgan fingerprint density at radius 2 is 1.62 bits per heavy atom. The molecule has 2 fully saturated rings. The fraction of sp³-hybridized carbons (Fsp3) is 0.333. The molecule has 2 saturated carbocycles. The number of nitrogens with one attached hydrogen (secondary N) is 1. The molecule has 0 bridgehead atoms. The van der Waals surface area contributed by atoms with Crippen LogP contribution in [-0.4, -0.2) is 28.3 Å². The van der Waals surface area contributed by atoms with E-state index in [1.165, 1.54) is 0 Å². The van der Waals surface area contributed by atoms with Crippen LogP contribution in [0.25, 0.3) is 33.4 Å². The van der Waals surface area contributed by atoms with E-state index in [9.17, 15) is 23.6 Å². The van der Waals surface area contributed by atoms with Crippen molar-refractivity contribution in [2.45, 2.75) is 56.4 Å². The van der Waals surface area contributed by atoms with E-state index in [1.54, 1.807) is 18.3 Å². The van der Waals surface area contributed by atoms with Crippen LogP contribution in [0, 0.1) is 16.7 Å². The minimum absolute atomic E-state index is 0.00579. The van der Waals surface area contributed by atoms with Crippen molar-refractivity contribution >= 4 is 22.7 Å². The van der Waals surface area contributed by atoms with Crippen molar-refractivity contribution in [2.75, 3.05) is 0 Å². The summed E-state index contributed by atoms with van der Waals surface area (Å²) in [5, 5.41) is 16.6. The molecule has 7 nitrogen and oxygen atoms in total. The number of benzene rings is 2. The van der Waals surface area contributed by atoms with Crippen molar-refractivity contribution in [3.8, 4) is 28.5 Å². The molecule has 0 unspecified atom stereocenters. The molecule has 2 heterocycles. The summed E-state index contributed by atoms with van der Waals surface area (Å²) in [5.41, 5.74) is 0.995. The SMILES string of the molecule is N#CC1(CC(=O)C2(NC(=O)c3cc4ccc(-c5ccc(-c6ccno6)cc5)cc4o3)CCC(F)(F)CC2)CC1. The summed E-state index contributed by atoms with van der Waals surface area (Å²) < 4.78 is 39.1. The Morgan fingerprint density at radius 3 is 2.26 bits per heavy atom. The standard InChI is InChI=1S/C30H25F2N3O4/c31-30(32)12-10-29(11-13-30,26(36)17-28(18-33)8-9-28)35-27(37)25-16-22-6-5-21(15-24(22)38-25)19-1-3-20(4-2-19)23-7-14-34-39-23/h1-7,14-16H,8-13,17H2,(H,35,37). The zero-order chi connectivity index (χ0) is 27.3. The van der Waals surface area contributed by atoms with Crippen molar-refractivity contribution in [3.05, 3.63) is 66.6 Å². The number of Topliss-reactive ketones (excluding diaryl/α,β-unsaturated/α-hetero) is 1. The van der Waals surface area contributed by atoms with Crippen molar-refractivity contribution in [1.82, 2.24) is 10.5 Å². The number of carbonyl (C=O) groups excluding carboxylic acids is 2. The minimum Gasteiger partial charge on any atom is -0.451 e. The van der Waals surface area contributed by atoms with Crippen LogP contribution in [0.1, 0.15) is 55.5 Å². The summed E-state index contributed by atoms with van der Waals surface area (Å²) >= 11 is 0. The predicted octanol–water partition coefficient (Wildman–Crippen LogP) is 6.70. The number of ketones is 1. The first-order valence-electron chi connectivity index (χ1n) is 12.9. The number of aromatic nitrogens is 1. The van der Waals surface area contributed by atoms with Crippen LogP contribution in [0.2, 0.25) is 0 Å². The number of hydrogen-bond donors (Lipinski definition) is 1. The van der Waals surface area contributed by atoms with Crippen molar-refractivity contribution < 1.29 is 27.3 Å². The molecule has 0 saturated heterocycles. The van der Waals surface area contributed by atoms with E-state index in [-0.39, 0.29) is 30.8 Å². The van der Waals surface area contributed by atoms with Gasteiger partial charge in [0.15, 0.2) is 17.3 Å². The van der Waals surface area contributed by atoms with Crippen LogP contribution in [0.15, 0.2) is 69.7 Å². The molecule has 2 aromatic heterocycles. The van der Waals surface area contributed by atoms with Gasteiger partial charge in [0, 0.05) is 36.3 Å². The van der Waals surface area contributed by atoms with Crippen LogP contribution < -0.4 is 5.32 Å². The molecule has 0 aliphatic heterocycles. The monoisotopic (exact) mass is 529 g/mol. The van der Waals surface area contributed by atoms with Gasteiger partial charge in [0.25, 0.3) is 5.91 Å². The Kier molecular flexibility index (Phi) is 5.87. The fourth-order valence-electron chi connectivity index (χ4n) is 5.26. The minimum atomic E-state index is -2.89. The predicted molar refractivity (Wildman–Crippen MR) is 138 cm³/mol. The summed E-state index contributed by atoms with van der Waals surface area (Å²) in [6.07, 6.45) is 1.37. The number of carbonyl (C=O) groups is 2. The maximum absolute atomic E-state index is 14.0. The third-order valence-electron chi connectivity index (χ3n) is 8.00. The Balaban J connectivity index is 1.23. The van der Waals surface area contributed by atoms with E-state index in [1.807, 2.05) is 42.5 Å². The van der Waals surface area contributed by atoms with Gasteiger partial charge in [-0.3, -0.25) is 9.59 Å². The van der Waals surface area contributed by atoms with Gasteiger partial charge in [0.1, 0.15) is 5.58 Å². The highest BCUT2D eigenvalue weighted by atomic mass is 19.3. The Morgan fingerprint density at radius 1 is 0.923 bits per heavy atom. The van der Waals surface area contributed by atoms with Crippen LogP contribution in [0.3, 0.4) is 0 Å². The van der Waals surface area contributed by atoms with Crippen LogP contribution in [0.5, 0.6) is 0 Å². The first-order chi connectivity index (χ1) is 18.7. The molecule has 0 atom stereocenters. The van der Waals surface area contributed by atoms with Crippen LogP contribution in [-0.2, 0) is 4.79 Å². The average molecular weight is 530 g/mol. The van der Waals surface area contributed by atoms with Gasteiger partial charge in [-0.15, -0.1) is 0 Å². The van der Waals surface area contributed by atoms with Gasteiger partial charge in [-0.25, -0.2) is 8.78 Å². The van der Waals surface area contributed by atoms with Gasteiger partial charge >= 0.3 is 0 Å². The lowest BCUT2D eigenvalue weighted by molar-refractivity contribution is -0.131. The number of amides is 1. The second-order valence-electron chi connectivity index (χ2n) is 10.7. The number of halogens is 2. The molecule has 39 heavy (non-hydrogen) atoms. The highest BCUT2D eigenvalue weighted by Gasteiger charge is 2.53. The molecule has 2 aliphatic carbocycles. The summed E-state index contributed by atoms with van der Waals surface area (Å²) in [5.74, 6) is -3.23. The molecule has 6 rings (SSSR count). The van der Waals surface area contributed by atoms with Gasteiger partial charge < -0.3 is 14.3 Å². The maximum atomic E-state index is 14.0. The van der Waals surface area contributed by atoms with Gasteiger partial charge in [-0.2, -0.15) is 5.26 Å². The van der Waals surface area contributed by atoms with E-state index >= 15 is 0 Å². The van der Waals surface area contributed by atoms with Gasteiger partial charge in [0.2, 0.25) is 5.92 Å². The Hall–Kier alpha value is -4.32. The van der Waals surface area contributed by atoms with E-state index in [2.05, 4.69) is 16.5 Å². The van der Waals surface area contributed by atoms with Crippen molar-refractivity contribution in [3.63, 3.8) is 0 Å². The second-order valence-corrected chi connectivity index (χ2v) is 10.7. The Labute approximate surface area is 222 Å². The summed E-state index contributed by atoms with van der Waals surface area (Å²) in [6, 6.07) is 18.8. The molecule has 1 N–H and O–H groups in total. The summed E-state index contributed by atoms with van der Waals surface area (Å²) in [6.45, 7) is 0. The molecule has 1 amide bonds. The number of rotatable bonds is 7. The van der Waals surface area contributed by atoms with Gasteiger partial charge in [-0.1, -0.05) is 41.6 Å². The quantitative estimate of drug-likeness (QED) is 0.285. The van der Waals surface area contributed by atoms with Crippen LogP contribution in [0.4, 0.5) is 8.78 Å². The van der Waals surface area contributed by atoms with E-state index in [0.29, 0.717) is 29.6 Å². The topological polar surface area (TPSA) is 109 Å². The smallest absolute Gasteiger partial charge is 0.287 e. The lowest BCUT2D eigenvalue weighted by Crippen LogP contribution is -2.58. The third-order valence-corrected chi connectivity index (χ3v) is 8.00. The van der Waals surface area contributed by atoms with E-state index < -0.39 is 35.6 Å². The number of fused-ring (bicyclic) bond motifs is 1. The lowest BCUT2D eigenvalue weighted by Gasteiger charge is -2.39. The molecule has 9 heteroatoms. The number of alkyl halides is 2. The molecule has 0 spiro atoms. The third kappa shape index (κ3) is 4.83. The van der Waals surface area contributed by atoms with E-state index in [4.69, 9.17) is 8.94 Å². The second kappa shape index (κ2) is 9.16. The fourth-order valence-corrected chi connectivity index (χ4v) is 5.26. The largest absolute Gasteiger partial charge is 0.451 e. The molecular weight excluding hydrogens is 504 g/mol. The Bertz CT molecular complexity index is 1590. The summed E-state index contributed by atoms with van der Waals surface area (Å²) in [4.78, 5) is 26.6. The molecule has 0 radical (unpaired) electrons. The van der Waals surface area contributed by atoms with Gasteiger partial charge in [-0.05, 0) is 48.9 Å². The lowest BCUT2D eigenvalue weighted by atomic mass is 9.74. The molecular formula is C30H25F2N3O4. The molecule has 198 valence electrons. The number of nitrogens with zero attached hydrogens (tertiary/aromatic N) is 2. The number of nitriles is 1. The summed E-state index contributed by atoms with van der Waals surface area (Å²) in [7, 11) is 0. The zero-order valence-corrected chi connectivity index (χ0v) is 21.0. The molecule has 4 aromatic rings. The number of hydrogen-bond acceptors (Lipinski definition) is 6. The van der Waals surface area contributed by atoms with E-state index in [0.717, 1.165) is 16.7 Å². The highest BCUT2D eigenvalue weighted by Crippen LogP contribution is 2.50. The van der Waals surface area contributed by atoms with Gasteiger partial charge in [0.05, 0.1) is 23.2 Å². The average Bonchev–Trinajstić information content (AvgIpc) is 3.30. The highest BCUT2D eigenvalue weighted by molar-refractivity contribution is 6.01. The number of furan rings is 1. The molecule has 2 aromatic carbocycles. The zero-order valence-electron chi connectivity index (χ0n) is 21.0. The first-order valence-corrected chi connectivity index (χ1v) is 12.9. The van der Waals surface area contributed by atoms with Crippen molar-refractivity contribution in [2.24, 2.45) is 5.41 Å². The molecule has 2 aliphatic rings. The first kappa shape index (κ1) is 25.0. The normalized spacial score (nSPS) is 18.8. The van der Waals surface area contributed by atoms with Crippen LogP contribution >= 0.6 is 0 Å².